The molecule has 152 valence electrons. The first kappa shape index (κ1) is 23.0. The minimum Gasteiger partial charge on any atom is -0.378 e. The number of rotatable bonds is 7. The maximum absolute atomic E-state index is 14.5. The average Bonchev–Trinajstić information content (AvgIpc) is 2.63. The predicted octanol–water partition coefficient (Wildman–Crippen LogP) is 4.19. The van der Waals surface area contributed by atoms with E-state index in [2.05, 4.69) is 10.8 Å². The molecule has 0 spiro atoms. The highest BCUT2D eigenvalue weighted by molar-refractivity contribution is 14.1. The Hall–Kier alpha value is -1.24. The maximum atomic E-state index is 14.5. The first-order chi connectivity index (χ1) is 13.1. The molecule has 0 saturated carbocycles. The standard InChI is InChI=1S/C17H16Cl2F2IN3O3/c1-7(16(23)26)6-28-25-17(27)9-5-11(19)13(20)14(21)15(9)24-12-3-2-8(22)4-10(12)18/h2-5,7,16,24,26H,6,23H2,1H3,(H,25,27)/t7-,16?/m1/s1. The topological polar surface area (TPSA) is 96.6 Å². The summed E-state index contributed by atoms with van der Waals surface area (Å²) in [6, 6.07) is 5.82. The number of aliphatic hydroxyl groups excluding tert-OH is 1. The SMILES string of the molecule is C[C@H](CONC(=O)c1cc(Cl)c(F)c(F)c1Nc1ccc(I)cc1Cl)C(N)O. The third-order valence-electron chi connectivity index (χ3n) is 3.69. The lowest BCUT2D eigenvalue weighted by atomic mass is 10.1. The van der Waals surface area contributed by atoms with E-state index in [0.29, 0.717) is 0 Å². The van der Waals surface area contributed by atoms with Crippen LogP contribution in [0.1, 0.15) is 17.3 Å². The van der Waals surface area contributed by atoms with Crippen LogP contribution in [0.3, 0.4) is 0 Å². The van der Waals surface area contributed by atoms with Crippen LogP contribution in [0.25, 0.3) is 0 Å². The van der Waals surface area contributed by atoms with Crippen molar-refractivity contribution in [3.8, 4) is 0 Å². The van der Waals surface area contributed by atoms with E-state index in [1.54, 1.807) is 25.1 Å². The summed E-state index contributed by atoms with van der Waals surface area (Å²) in [4.78, 5) is 17.4. The fourth-order valence-corrected chi connectivity index (χ4v) is 3.11. The van der Waals surface area contributed by atoms with Gasteiger partial charge in [-0.1, -0.05) is 30.1 Å². The lowest BCUT2D eigenvalue weighted by Gasteiger charge is -2.17. The number of amides is 1. The lowest BCUT2D eigenvalue weighted by Crippen LogP contribution is -2.34. The van der Waals surface area contributed by atoms with Crippen LogP contribution in [0.15, 0.2) is 24.3 Å². The van der Waals surface area contributed by atoms with Crippen molar-refractivity contribution < 1.29 is 23.5 Å². The zero-order valence-electron chi connectivity index (χ0n) is 14.4. The number of aliphatic hydroxyl groups is 1. The molecule has 0 aliphatic rings. The summed E-state index contributed by atoms with van der Waals surface area (Å²) >= 11 is 13.8. The van der Waals surface area contributed by atoms with Gasteiger partial charge in [-0.05, 0) is 46.9 Å². The predicted molar refractivity (Wildman–Crippen MR) is 112 cm³/mol. The molecule has 2 aromatic rings. The Morgan fingerprint density at radius 3 is 2.57 bits per heavy atom. The van der Waals surface area contributed by atoms with Gasteiger partial charge in [-0.25, -0.2) is 14.3 Å². The third kappa shape index (κ3) is 5.65. The van der Waals surface area contributed by atoms with Gasteiger partial charge in [0.25, 0.3) is 5.91 Å². The average molecular weight is 546 g/mol. The number of nitrogens with two attached hydrogens (primary N) is 1. The van der Waals surface area contributed by atoms with Crippen LogP contribution in [-0.4, -0.2) is 23.8 Å². The van der Waals surface area contributed by atoms with Gasteiger partial charge in [0.2, 0.25) is 0 Å². The number of carbonyl (C=O) groups excluding carboxylic acids is 1. The van der Waals surface area contributed by atoms with Gasteiger partial charge in [0, 0.05) is 9.49 Å². The summed E-state index contributed by atoms with van der Waals surface area (Å²) in [6.07, 6.45) is -1.14. The van der Waals surface area contributed by atoms with E-state index in [-0.39, 0.29) is 22.9 Å². The van der Waals surface area contributed by atoms with Crippen molar-refractivity contribution in [3.63, 3.8) is 0 Å². The Bertz CT molecular complexity index is 887. The summed E-state index contributed by atoms with van der Waals surface area (Å²) in [7, 11) is 0. The van der Waals surface area contributed by atoms with Crippen LogP contribution in [0, 0.1) is 21.1 Å². The number of nitrogens with one attached hydrogen (secondary N) is 2. The fraction of sp³-hybridized carbons (Fsp3) is 0.235. The van der Waals surface area contributed by atoms with Crippen molar-refractivity contribution in [2.45, 2.75) is 13.2 Å². The molecule has 2 atom stereocenters. The molecule has 1 amide bonds. The quantitative estimate of drug-likeness (QED) is 0.181. The highest BCUT2D eigenvalue weighted by Crippen LogP contribution is 2.33. The van der Waals surface area contributed by atoms with E-state index in [9.17, 15) is 18.7 Å². The summed E-state index contributed by atoms with van der Waals surface area (Å²) in [5, 5.41) is 11.5. The lowest BCUT2D eigenvalue weighted by molar-refractivity contribution is -0.00768. The van der Waals surface area contributed by atoms with Crippen LogP contribution in [-0.2, 0) is 4.84 Å². The number of carbonyl (C=O) groups is 1. The van der Waals surface area contributed by atoms with Gasteiger partial charge in [0.15, 0.2) is 11.6 Å². The van der Waals surface area contributed by atoms with E-state index in [4.69, 9.17) is 33.8 Å². The van der Waals surface area contributed by atoms with Gasteiger partial charge in [-0.3, -0.25) is 9.63 Å². The largest absolute Gasteiger partial charge is 0.378 e. The first-order valence-corrected chi connectivity index (χ1v) is 9.70. The van der Waals surface area contributed by atoms with Gasteiger partial charge in [-0.15, -0.1) is 0 Å². The Labute approximate surface area is 183 Å². The van der Waals surface area contributed by atoms with Crippen molar-refractivity contribution in [1.82, 2.24) is 5.48 Å². The van der Waals surface area contributed by atoms with E-state index in [1.807, 2.05) is 22.6 Å². The number of benzene rings is 2. The van der Waals surface area contributed by atoms with Crippen molar-refractivity contribution in [2.75, 3.05) is 11.9 Å². The van der Waals surface area contributed by atoms with E-state index >= 15 is 0 Å². The summed E-state index contributed by atoms with van der Waals surface area (Å²) in [5.74, 6) is -4.03. The molecule has 0 aliphatic carbocycles. The van der Waals surface area contributed by atoms with Crippen LogP contribution < -0.4 is 16.5 Å². The van der Waals surface area contributed by atoms with Crippen LogP contribution in [0.2, 0.25) is 10.0 Å². The molecule has 5 N–H and O–H groups in total. The second kappa shape index (κ2) is 9.99. The molecule has 11 heteroatoms. The van der Waals surface area contributed by atoms with Crippen molar-refractivity contribution in [2.24, 2.45) is 11.7 Å². The molecule has 0 fully saturated rings. The molecule has 0 aromatic heterocycles. The number of hydrogen-bond acceptors (Lipinski definition) is 5. The Kier molecular flexibility index (Phi) is 8.22. The molecule has 2 aromatic carbocycles. The smallest absolute Gasteiger partial charge is 0.277 e. The number of hydroxylamine groups is 1. The zero-order valence-corrected chi connectivity index (χ0v) is 18.1. The third-order valence-corrected chi connectivity index (χ3v) is 4.95. The van der Waals surface area contributed by atoms with Crippen molar-refractivity contribution >= 4 is 63.1 Å². The van der Waals surface area contributed by atoms with Crippen molar-refractivity contribution in [1.29, 1.82) is 0 Å². The van der Waals surface area contributed by atoms with Crippen LogP contribution >= 0.6 is 45.8 Å². The maximum Gasteiger partial charge on any atom is 0.277 e. The van der Waals surface area contributed by atoms with E-state index in [1.165, 1.54) is 0 Å². The molecule has 0 heterocycles. The molecule has 0 bridgehead atoms. The Balaban J connectivity index is 2.31. The molecule has 0 saturated heterocycles. The minimum absolute atomic E-state index is 0.105. The molecule has 0 aliphatic heterocycles. The molecular formula is C17H16Cl2F2IN3O3. The first-order valence-electron chi connectivity index (χ1n) is 7.87. The normalized spacial score (nSPS) is 13.1. The number of anilines is 2. The summed E-state index contributed by atoms with van der Waals surface area (Å²) in [6.45, 7) is 1.49. The monoisotopic (exact) mass is 545 g/mol. The Morgan fingerprint density at radius 2 is 1.96 bits per heavy atom. The molecule has 2 rings (SSSR count). The second-order valence-corrected chi connectivity index (χ2v) is 7.93. The Morgan fingerprint density at radius 1 is 1.29 bits per heavy atom. The second-order valence-electron chi connectivity index (χ2n) is 5.87. The van der Waals surface area contributed by atoms with Crippen LogP contribution in [0.4, 0.5) is 20.2 Å². The highest BCUT2D eigenvalue weighted by atomic mass is 127. The fourth-order valence-electron chi connectivity index (χ4n) is 2.01. The van der Waals surface area contributed by atoms with Gasteiger partial charge in [-0.2, -0.15) is 0 Å². The summed E-state index contributed by atoms with van der Waals surface area (Å²) in [5.41, 5.74) is 6.86. The highest BCUT2D eigenvalue weighted by Gasteiger charge is 2.23. The molecule has 0 radical (unpaired) electrons. The molecule has 1 unspecified atom stereocenters. The van der Waals surface area contributed by atoms with E-state index < -0.39 is 40.4 Å². The zero-order chi connectivity index (χ0) is 21.0. The van der Waals surface area contributed by atoms with Gasteiger partial charge in [0.1, 0.15) is 6.23 Å². The minimum atomic E-state index is -1.35. The molecule has 6 nitrogen and oxygen atoms in total. The summed E-state index contributed by atoms with van der Waals surface area (Å²) < 4.78 is 29.3. The van der Waals surface area contributed by atoms with Gasteiger partial charge in [0.05, 0.1) is 33.6 Å². The molecular weight excluding hydrogens is 530 g/mol. The van der Waals surface area contributed by atoms with Crippen molar-refractivity contribution in [3.05, 3.63) is 55.1 Å². The number of halogens is 5. The van der Waals surface area contributed by atoms with Gasteiger partial charge >= 0.3 is 0 Å². The molecule has 28 heavy (non-hydrogen) atoms. The number of hydrogen-bond donors (Lipinski definition) is 4. The van der Waals surface area contributed by atoms with Gasteiger partial charge < -0.3 is 16.2 Å². The van der Waals surface area contributed by atoms with E-state index in [0.717, 1.165) is 9.64 Å². The van der Waals surface area contributed by atoms with Crippen LogP contribution in [0.5, 0.6) is 0 Å².